The van der Waals surface area contributed by atoms with Gasteiger partial charge in [-0.25, -0.2) is 0 Å². The minimum Gasteiger partial charge on any atom is -0.497 e. The fraction of sp³-hybridized carbons (Fsp3) is 0.333. The third-order valence-electron chi connectivity index (χ3n) is 6.85. The lowest BCUT2D eigenvalue weighted by atomic mass is 10.1. The van der Waals surface area contributed by atoms with E-state index in [0.717, 1.165) is 40.4 Å². The number of quaternary nitrogens is 1. The summed E-state index contributed by atoms with van der Waals surface area (Å²) in [5.41, 5.74) is 2.82. The maximum absolute atomic E-state index is 14.1. The molecule has 6 nitrogen and oxygen atoms in total. The van der Waals surface area contributed by atoms with Crippen molar-refractivity contribution in [2.75, 3.05) is 45.7 Å². The first kappa shape index (κ1) is 29.3. The topological polar surface area (TPSA) is 55.8 Å². The Morgan fingerprint density at radius 2 is 1.72 bits per heavy atom. The quantitative estimate of drug-likeness (QED) is 0.213. The molecule has 0 saturated carbocycles. The Balaban J connectivity index is 1.58. The predicted molar refractivity (Wildman–Crippen MR) is 158 cm³/mol. The van der Waals surface area contributed by atoms with Crippen LogP contribution in [-0.4, -0.2) is 63.3 Å². The Bertz CT molecular complexity index is 1330. The number of hydrogen-bond acceptors (Lipinski definition) is 5. The lowest BCUT2D eigenvalue weighted by molar-refractivity contribution is -0.888. The molecule has 206 valence electrons. The van der Waals surface area contributed by atoms with Crippen LogP contribution in [-0.2, 0) is 20.7 Å². The minimum atomic E-state index is -0.972. The van der Waals surface area contributed by atoms with Crippen LogP contribution in [0.15, 0.2) is 71.6 Å². The molecule has 1 amide bonds. The van der Waals surface area contributed by atoms with Crippen LogP contribution in [0.2, 0.25) is 10.0 Å². The summed E-state index contributed by atoms with van der Waals surface area (Å²) < 4.78 is 11.7. The number of carbonyl (C=O) groups is 2. The van der Waals surface area contributed by atoms with Crippen molar-refractivity contribution in [2.45, 2.75) is 29.6 Å². The van der Waals surface area contributed by atoms with Crippen molar-refractivity contribution in [1.82, 2.24) is 0 Å². The van der Waals surface area contributed by atoms with E-state index in [4.69, 9.17) is 32.7 Å². The highest BCUT2D eigenvalue weighted by Gasteiger charge is 2.41. The highest BCUT2D eigenvalue weighted by atomic mass is 35.5. The van der Waals surface area contributed by atoms with Crippen LogP contribution < -0.4 is 9.64 Å². The van der Waals surface area contributed by atoms with Crippen molar-refractivity contribution in [3.8, 4) is 5.75 Å². The first-order valence-electron chi connectivity index (χ1n) is 12.7. The van der Waals surface area contributed by atoms with E-state index in [1.807, 2.05) is 66.7 Å². The molecule has 3 aromatic rings. The fourth-order valence-corrected chi connectivity index (χ4v) is 6.19. The summed E-state index contributed by atoms with van der Waals surface area (Å²) in [5, 5.41) is 0.683. The number of fused-ring (bicyclic) bond motifs is 1. The first-order chi connectivity index (χ1) is 18.6. The van der Waals surface area contributed by atoms with Gasteiger partial charge in [0.15, 0.2) is 6.10 Å². The van der Waals surface area contributed by atoms with Crippen molar-refractivity contribution < 1.29 is 23.5 Å². The monoisotopic (exact) mass is 587 g/mol. The summed E-state index contributed by atoms with van der Waals surface area (Å²) in [5.74, 6) is -0.000289. The highest BCUT2D eigenvalue weighted by molar-refractivity contribution is 7.99. The van der Waals surface area contributed by atoms with Gasteiger partial charge in [-0.2, -0.15) is 0 Å². The molecule has 1 aliphatic heterocycles. The molecular formula is C30H33Cl2N2O4S+. The van der Waals surface area contributed by atoms with Crippen LogP contribution >= 0.6 is 35.0 Å². The number of thioether (sulfide) groups is 1. The zero-order valence-corrected chi connectivity index (χ0v) is 24.9. The Labute approximate surface area is 244 Å². The number of carbonyl (C=O) groups excluding carboxylic acids is 2. The molecular weight excluding hydrogens is 555 g/mol. The molecule has 3 aromatic carbocycles. The number of para-hydroxylation sites is 1. The second-order valence-corrected chi connectivity index (χ2v) is 12.2. The van der Waals surface area contributed by atoms with E-state index >= 15 is 0 Å². The Kier molecular flexibility index (Phi) is 9.49. The summed E-state index contributed by atoms with van der Waals surface area (Å²) in [6, 6.07) is 21.1. The Hall–Kier alpha value is -2.71. The number of methoxy groups -OCH3 is 1. The van der Waals surface area contributed by atoms with Gasteiger partial charge in [0.1, 0.15) is 5.75 Å². The van der Waals surface area contributed by atoms with Gasteiger partial charge >= 0.3 is 5.97 Å². The molecule has 0 saturated heterocycles. The number of benzene rings is 3. The molecule has 1 aliphatic rings. The molecule has 0 N–H and O–H groups in total. The van der Waals surface area contributed by atoms with Gasteiger partial charge in [-0.05, 0) is 47.5 Å². The van der Waals surface area contributed by atoms with Gasteiger partial charge in [0, 0.05) is 18.2 Å². The van der Waals surface area contributed by atoms with Crippen LogP contribution in [0.4, 0.5) is 5.69 Å². The molecule has 0 aliphatic carbocycles. The standard InChI is InChI=1S/C30H33Cl2N2O4S/c1-20(35)38-28-29(22-10-12-23(37-4)13-11-22)39-27-8-6-5-7-26(27)33(30(28)36)16-18-34(2,3)17-15-21-9-14-24(31)25(32)19-21/h5-14,19,28-29H,15-18H2,1-4H3/q+1. The van der Waals surface area contributed by atoms with E-state index in [2.05, 4.69) is 14.1 Å². The van der Waals surface area contributed by atoms with Gasteiger partial charge in [0.05, 0.1) is 61.8 Å². The van der Waals surface area contributed by atoms with Gasteiger partial charge in [0.25, 0.3) is 5.91 Å². The predicted octanol–water partition coefficient (Wildman–Crippen LogP) is 6.43. The molecule has 9 heteroatoms. The molecule has 2 unspecified atom stereocenters. The summed E-state index contributed by atoms with van der Waals surface area (Å²) in [4.78, 5) is 29.0. The number of hydrogen-bond donors (Lipinski definition) is 0. The smallest absolute Gasteiger partial charge is 0.303 e. The zero-order chi connectivity index (χ0) is 28.2. The van der Waals surface area contributed by atoms with Crippen molar-refractivity contribution >= 4 is 52.5 Å². The number of likely N-dealkylation sites (N-methyl/N-ethyl adjacent to an activating group) is 1. The number of ether oxygens (including phenoxy) is 2. The average molecular weight is 589 g/mol. The Morgan fingerprint density at radius 1 is 1.00 bits per heavy atom. The van der Waals surface area contributed by atoms with Gasteiger partial charge in [-0.3, -0.25) is 9.59 Å². The van der Waals surface area contributed by atoms with Crippen molar-refractivity contribution in [1.29, 1.82) is 0 Å². The Morgan fingerprint density at radius 3 is 2.38 bits per heavy atom. The molecule has 0 radical (unpaired) electrons. The highest BCUT2D eigenvalue weighted by Crippen LogP contribution is 2.47. The van der Waals surface area contributed by atoms with E-state index in [-0.39, 0.29) is 5.91 Å². The van der Waals surface area contributed by atoms with E-state index in [1.165, 1.54) is 18.7 Å². The molecule has 0 spiro atoms. The van der Waals surface area contributed by atoms with Crippen molar-refractivity contribution in [3.05, 3.63) is 87.9 Å². The van der Waals surface area contributed by atoms with E-state index in [1.54, 1.807) is 12.0 Å². The maximum Gasteiger partial charge on any atom is 0.303 e. The van der Waals surface area contributed by atoms with Crippen LogP contribution in [0.1, 0.15) is 23.3 Å². The number of anilines is 1. The van der Waals surface area contributed by atoms with Crippen LogP contribution in [0.5, 0.6) is 5.75 Å². The lowest BCUT2D eigenvalue weighted by Gasteiger charge is -2.34. The molecule has 0 bridgehead atoms. The summed E-state index contributed by atoms with van der Waals surface area (Å²) in [6.45, 7) is 3.36. The normalized spacial score (nSPS) is 17.4. The summed E-state index contributed by atoms with van der Waals surface area (Å²) in [7, 11) is 5.90. The molecule has 0 fully saturated rings. The minimum absolute atomic E-state index is 0.229. The van der Waals surface area contributed by atoms with Gasteiger partial charge in [0.2, 0.25) is 0 Å². The second-order valence-electron chi connectivity index (χ2n) is 10.2. The van der Waals surface area contributed by atoms with Crippen LogP contribution in [0, 0.1) is 0 Å². The third kappa shape index (κ3) is 7.28. The van der Waals surface area contributed by atoms with Crippen LogP contribution in [0.25, 0.3) is 0 Å². The fourth-order valence-electron chi connectivity index (χ4n) is 4.55. The third-order valence-corrected chi connectivity index (χ3v) is 8.96. The SMILES string of the molecule is COc1ccc(C2Sc3ccccc3N(CC[N+](C)(C)CCc3ccc(Cl)c(Cl)c3)C(=O)C2OC(C)=O)cc1. The second kappa shape index (κ2) is 12.6. The van der Waals surface area contributed by atoms with Gasteiger partial charge in [-0.1, -0.05) is 53.5 Å². The number of esters is 1. The molecule has 1 heterocycles. The van der Waals surface area contributed by atoms with E-state index in [0.29, 0.717) is 27.6 Å². The largest absolute Gasteiger partial charge is 0.497 e. The summed E-state index contributed by atoms with van der Waals surface area (Å²) in [6.07, 6.45) is -0.153. The van der Waals surface area contributed by atoms with Gasteiger partial charge in [-0.15, -0.1) is 11.8 Å². The number of halogens is 2. The van der Waals surface area contributed by atoms with Crippen molar-refractivity contribution in [2.24, 2.45) is 0 Å². The number of amides is 1. The van der Waals surface area contributed by atoms with E-state index < -0.39 is 17.3 Å². The molecule has 0 aromatic heterocycles. The first-order valence-corrected chi connectivity index (χ1v) is 14.4. The summed E-state index contributed by atoms with van der Waals surface area (Å²) >= 11 is 13.8. The molecule has 39 heavy (non-hydrogen) atoms. The number of rotatable bonds is 9. The molecule has 2 atom stereocenters. The zero-order valence-electron chi connectivity index (χ0n) is 22.5. The average Bonchev–Trinajstić information content (AvgIpc) is 3.02. The maximum atomic E-state index is 14.1. The van der Waals surface area contributed by atoms with Crippen molar-refractivity contribution in [3.63, 3.8) is 0 Å². The lowest BCUT2D eigenvalue weighted by Crippen LogP contribution is -2.50. The number of nitrogens with zero attached hydrogens (tertiary/aromatic N) is 2. The van der Waals surface area contributed by atoms with Gasteiger partial charge < -0.3 is 18.9 Å². The molecule has 4 rings (SSSR count). The van der Waals surface area contributed by atoms with Crippen LogP contribution in [0.3, 0.4) is 0 Å². The van der Waals surface area contributed by atoms with E-state index in [9.17, 15) is 9.59 Å².